The Hall–Kier alpha value is -2.03. The Morgan fingerprint density at radius 2 is 1.96 bits per heavy atom. The normalized spacial score (nSPS) is 22.1. The van der Waals surface area contributed by atoms with Crippen LogP contribution < -0.4 is 5.32 Å². The lowest BCUT2D eigenvalue weighted by Gasteiger charge is -2.15. The largest absolute Gasteiger partial charge is 0.416 e. The van der Waals surface area contributed by atoms with Gasteiger partial charge in [-0.1, -0.05) is 12.1 Å². The minimum absolute atomic E-state index is 0.0526. The number of sulfone groups is 1. The van der Waals surface area contributed by atoms with Crippen LogP contribution in [0.15, 0.2) is 30.3 Å². The Kier molecular flexibility index (Phi) is 4.44. The molecule has 5 nitrogen and oxygen atoms in total. The van der Waals surface area contributed by atoms with Gasteiger partial charge in [0.05, 0.1) is 28.8 Å². The molecule has 1 atom stereocenters. The molecule has 2 aromatic rings. The summed E-state index contributed by atoms with van der Waals surface area (Å²) in [6.45, 7) is 0.208. The van der Waals surface area contributed by atoms with E-state index < -0.39 is 21.6 Å². The van der Waals surface area contributed by atoms with Gasteiger partial charge in [-0.15, -0.1) is 0 Å². The molecule has 4 rings (SSSR count). The Labute approximate surface area is 155 Å². The maximum Gasteiger partial charge on any atom is 0.416 e. The molecule has 0 amide bonds. The van der Waals surface area contributed by atoms with Crippen molar-refractivity contribution in [3.8, 4) is 0 Å². The van der Waals surface area contributed by atoms with Crippen LogP contribution in [0.2, 0.25) is 0 Å². The van der Waals surface area contributed by atoms with Crippen LogP contribution in [0.25, 0.3) is 0 Å². The summed E-state index contributed by atoms with van der Waals surface area (Å²) in [5.41, 5.74) is 0.742. The van der Waals surface area contributed by atoms with E-state index >= 15 is 0 Å². The standard InChI is InChI=1S/C18H20F3N3O2S/c19-18(20,21)14-3-1-2-12(8-14)10-22-17-9-16(13-4-5-13)23-24(17)15-6-7-27(25,26)11-15/h1-3,8-9,13,15,22H,4-7,10-11H2/t15-/m1/s1. The third kappa shape index (κ3) is 4.12. The maximum absolute atomic E-state index is 12.9. The fraction of sp³-hybridized carbons (Fsp3) is 0.500. The van der Waals surface area contributed by atoms with Crippen LogP contribution in [0.3, 0.4) is 0 Å². The SMILES string of the molecule is O=S1(=O)CC[C@@H](n2nc(C3CC3)cc2NCc2cccc(C(F)(F)F)c2)C1. The molecule has 1 aliphatic heterocycles. The van der Waals surface area contributed by atoms with Crippen molar-refractivity contribution < 1.29 is 21.6 Å². The molecule has 1 aromatic heterocycles. The smallest absolute Gasteiger partial charge is 0.366 e. The number of halogens is 3. The zero-order valence-electron chi connectivity index (χ0n) is 14.5. The van der Waals surface area contributed by atoms with E-state index in [2.05, 4.69) is 10.4 Å². The topological polar surface area (TPSA) is 64.0 Å². The molecule has 9 heteroatoms. The van der Waals surface area contributed by atoms with E-state index in [1.165, 1.54) is 6.07 Å². The number of aromatic nitrogens is 2. The first-order valence-electron chi connectivity index (χ1n) is 8.91. The number of hydrogen-bond acceptors (Lipinski definition) is 4. The molecule has 0 radical (unpaired) electrons. The van der Waals surface area contributed by atoms with E-state index in [1.807, 2.05) is 6.07 Å². The van der Waals surface area contributed by atoms with Gasteiger partial charge in [0.1, 0.15) is 5.82 Å². The summed E-state index contributed by atoms with van der Waals surface area (Å²) in [6, 6.07) is 6.85. The molecule has 1 aromatic carbocycles. The molecule has 2 fully saturated rings. The zero-order chi connectivity index (χ0) is 19.2. The Bertz CT molecular complexity index is 949. The fourth-order valence-corrected chi connectivity index (χ4v) is 5.11. The van der Waals surface area contributed by atoms with Crippen molar-refractivity contribution >= 4 is 15.7 Å². The van der Waals surface area contributed by atoms with E-state index in [0.29, 0.717) is 23.7 Å². The second-order valence-electron chi connectivity index (χ2n) is 7.28. The summed E-state index contributed by atoms with van der Waals surface area (Å²) in [7, 11) is -3.06. The lowest BCUT2D eigenvalue weighted by molar-refractivity contribution is -0.137. The molecule has 1 N–H and O–H groups in total. The molecule has 27 heavy (non-hydrogen) atoms. The van der Waals surface area contributed by atoms with Crippen LogP contribution in [-0.4, -0.2) is 29.7 Å². The highest BCUT2D eigenvalue weighted by atomic mass is 32.2. The molecule has 1 saturated heterocycles. The number of hydrogen-bond donors (Lipinski definition) is 1. The van der Waals surface area contributed by atoms with Gasteiger partial charge in [-0.05, 0) is 37.0 Å². The van der Waals surface area contributed by atoms with Gasteiger partial charge in [0.2, 0.25) is 0 Å². The van der Waals surface area contributed by atoms with Crippen molar-refractivity contribution in [1.82, 2.24) is 9.78 Å². The third-order valence-corrected chi connectivity index (χ3v) is 6.78. The average Bonchev–Trinajstić information content (AvgIpc) is 3.26. The highest BCUT2D eigenvalue weighted by molar-refractivity contribution is 7.91. The second kappa shape index (κ2) is 6.54. The molecule has 0 spiro atoms. The van der Waals surface area contributed by atoms with Crippen LogP contribution in [0.1, 0.15) is 48.0 Å². The summed E-state index contributed by atoms with van der Waals surface area (Å²) >= 11 is 0. The number of alkyl halides is 3. The summed E-state index contributed by atoms with van der Waals surface area (Å²) in [5.74, 6) is 1.26. The Morgan fingerprint density at radius 1 is 1.19 bits per heavy atom. The number of benzene rings is 1. The van der Waals surface area contributed by atoms with E-state index in [9.17, 15) is 21.6 Å². The summed E-state index contributed by atoms with van der Waals surface area (Å²) in [5, 5.41) is 7.75. The van der Waals surface area contributed by atoms with Crippen molar-refractivity contribution in [3.05, 3.63) is 47.2 Å². The Morgan fingerprint density at radius 3 is 2.59 bits per heavy atom. The minimum atomic E-state index is -4.38. The summed E-state index contributed by atoms with van der Waals surface area (Å²) in [4.78, 5) is 0. The van der Waals surface area contributed by atoms with Crippen molar-refractivity contribution in [2.45, 2.75) is 43.9 Å². The first-order valence-corrected chi connectivity index (χ1v) is 10.7. The van der Waals surface area contributed by atoms with Gasteiger partial charge in [-0.25, -0.2) is 13.1 Å². The molecule has 0 bridgehead atoms. The van der Waals surface area contributed by atoms with Crippen LogP contribution in [0, 0.1) is 0 Å². The first-order chi connectivity index (χ1) is 12.7. The predicted octanol–water partition coefficient (Wildman–Crippen LogP) is 3.75. The molecule has 0 unspecified atom stereocenters. The molecule has 2 aliphatic rings. The van der Waals surface area contributed by atoms with Crippen LogP contribution >= 0.6 is 0 Å². The van der Waals surface area contributed by atoms with E-state index in [1.54, 1.807) is 10.7 Å². The van der Waals surface area contributed by atoms with Crippen molar-refractivity contribution in [2.75, 3.05) is 16.8 Å². The monoisotopic (exact) mass is 399 g/mol. The number of nitrogens with one attached hydrogen (secondary N) is 1. The summed E-state index contributed by atoms with van der Waals surface area (Å²) in [6.07, 6.45) is -1.75. The highest BCUT2D eigenvalue weighted by Crippen LogP contribution is 2.41. The third-order valence-electron chi connectivity index (χ3n) is 5.03. The first kappa shape index (κ1) is 18.3. The van der Waals surface area contributed by atoms with E-state index in [4.69, 9.17) is 0 Å². The van der Waals surface area contributed by atoms with Crippen molar-refractivity contribution in [3.63, 3.8) is 0 Å². The number of anilines is 1. The van der Waals surface area contributed by atoms with Crippen LogP contribution in [0.4, 0.5) is 19.0 Å². The Balaban J connectivity index is 1.55. The summed E-state index contributed by atoms with van der Waals surface area (Å²) < 4.78 is 64.0. The molecular weight excluding hydrogens is 379 g/mol. The number of rotatable bonds is 5. The van der Waals surface area contributed by atoms with Gasteiger partial charge in [0, 0.05) is 18.5 Å². The highest BCUT2D eigenvalue weighted by Gasteiger charge is 2.34. The second-order valence-corrected chi connectivity index (χ2v) is 9.51. The van der Waals surface area contributed by atoms with Gasteiger partial charge in [0.15, 0.2) is 9.84 Å². The lowest BCUT2D eigenvalue weighted by atomic mass is 10.1. The zero-order valence-corrected chi connectivity index (χ0v) is 15.4. The van der Waals surface area contributed by atoms with Crippen molar-refractivity contribution in [1.29, 1.82) is 0 Å². The predicted molar refractivity (Wildman–Crippen MR) is 95.3 cm³/mol. The van der Waals surface area contributed by atoms with Gasteiger partial charge in [-0.2, -0.15) is 18.3 Å². The maximum atomic E-state index is 12.9. The van der Waals surface area contributed by atoms with Gasteiger partial charge in [-0.3, -0.25) is 0 Å². The van der Waals surface area contributed by atoms with Crippen LogP contribution in [0.5, 0.6) is 0 Å². The lowest BCUT2D eigenvalue weighted by Crippen LogP contribution is -2.16. The van der Waals surface area contributed by atoms with Gasteiger partial charge < -0.3 is 5.32 Å². The fourth-order valence-electron chi connectivity index (χ4n) is 3.42. The molecular formula is C18H20F3N3O2S. The quantitative estimate of drug-likeness (QED) is 0.832. The molecule has 146 valence electrons. The van der Waals surface area contributed by atoms with Gasteiger partial charge >= 0.3 is 6.18 Å². The molecule has 1 aliphatic carbocycles. The van der Waals surface area contributed by atoms with E-state index in [0.717, 1.165) is 30.7 Å². The van der Waals surface area contributed by atoms with E-state index in [-0.39, 0.29) is 24.1 Å². The minimum Gasteiger partial charge on any atom is -0.366 e. The molecule has 2 heterocycles. The average molecular weight is 399 g/mol. The number of nitrogens with zero attached hydrogens (tertiary/aromatic N) is 2. The molecule has 1 saturated carbocycles. The van der Waals surface area contributed by atoms with Crippen molar-refractivity contribution in [2.24, 2.45) is 0 Å². The van der Waals surface area contributed by atoms with Crippen LogP contribution in [-0.2, 0) is 22.6 Å². The van der Waals surface area contributed by atoms with Gasteiger partial charge in [0.25, 0.3) is 0 Å².